The lowest BCUT2D eigenvalue weighted by atomic mass is 10.3. The van der Waals surface area contributed by atoms with Gasteiger partial charge in [0.05, 0.1) is 6.33 Å². The van der Waals surface area contributed by atoms with E-state index in [0.29, 0.717) is 12.3 Å². The molecular weight excluding hydrogens is 310 g/mol. The van der Waals surface area contributed by atoms with Crippen LogP contribution in [0.5, 0.6) is 5.75 Å². The molecule has 0 atom stereocenters. The van der Waals surface area contributed by atoms with E-state index in [4.69, 9.17) is 4.74 Å². The van der Waals surface area contributed by atoms with E-state index in [1.54, 1.807) is 12.5 Å². The molecule has 2 rings (SSSR count). The molecule has 0 aliphatic heterocycles. The van der Waals surface area contributed by atoms with Crippen LogP contribution in [0.15, 0.2) is 41.3 Å². The molecule has 0 saturated carbocycles. The molecule has 100 valence electrons. The number of nitrogens with zero attached hydrogens (tertiary/aromatic N) is 1. The molecule has 1 heterocycles. The second-order valence-electron chi connectivity index (χ2n) is 3.92. The van der Waals surface area contributed by atoms with Crippen molar-refractivity contribution in [2.75, 3.05) is 13.2 Å². The summed E-state index contributed by atoms with van der Waals surface area (Å²) in [6.07, 6.45) is 4.09. The van der Waals surface area contributed by atoms with Crippen molar-refractivity contribution < 1.29 is 9.53 Å². The van der Waals surface area contributed by atoms with Crippen molar-refractivity contribution in [2.24, 2.45) is 0 Å². The Morgan fingerprint density at radius 2 is 2.16 bits per heavy atom. The minimum atomic E-state index is -0.137. The third-order valence-corrected chi connectivity index (χ3v) is 2.98. The highest BCUT2D eigenvalue weighted by Crippen LogP contribution is 2.15. The molecule has 0 spiro atoms. The molecule has 1 aromatic carbocycles. The van der Waals surface area contributed by atoms with Crippen molar-refractivity contribution in [2.45, 2.75) is 6.42 Å². The van der Waals surface area contributed by atoms with E-state index < -0.39 is 0 Å². The zero-order valence-corrected chi connectivity index (χ0v) is 11.8. The van der Waals surface area contributed by atoms with Crippen molar-refractivity contribution in [3.05, 3.63) is 47.0 Å². The van der Waals surface area contributed by atoms with Crippen LogP contribution >= 0.6 is 15.9 Å². The molecule has 2 N–H and O–H groups in total. The highest BCUT2D eigenvalue weighted by Gasteiger charge is 2.02. The molecular formula is C13H14BrN3O2. The van der Waals surface area contributed by atoms with Gasteiger partial charge in [0, 0.05) is 29.3 Å². The van der Waals surface area contributed by atoms with Crippen LogP contribution in [0.1, 0.15) is 5.69 Å². The summed E-state index contributed by atoms with van der Waals surface area (Å²) in [7, 11) is 0. The smallest absolute Gasteiger partial charge is 0.257 e. The van der Waals surface area contributed by atoms with Gasteiger partial charge in [-0.3, -0.25) is 4.79 Å². The summed E-state index contributed by atoms with van der Waals surface area (Å²) in [6.45, 7) is 0.579. The Kier molecular flexibility index (Phi) is 4.97. The van der Waals surface area contributed by atoms with E-state index in [-0.39, 0.29) is 12.5 Å². The number of ether oxygens (including phenoxy) is 1. The van der Waals surface area contributed by atoms with Gasteiger partial charge in [-0.25, -0.2) is 4.98 Å². The zero-order chi connectivity index (χ0) is 13.5. The maximum atomic E-state index is 11.5. The maximum absolute atomic E-state index is 11.5. The first kappa shape index (κ1) is 13.6. The van der Waals surface area contributed by atoms with E-state index in [1.807, 2.05) is 24.3 Å². The number of benzene rings is 1. The van der Waals surface area contributed by atoms with Gasteiger partial charge in [0.25, 0.3) is 5.91 Å². The normalized spacial score (nSPS) is 10.2. The van der Waals surface area contributed by atoms with Crippen molar-refractivity contribution in [1.29, 1.82) is 0 Å². The summed E-state index contributed by atoms with van der Waals surface area (Å²) in [5.41, 5.74) is 0.995. The van der Waals surface area contributed by atoms with Crippen LogP contribution < -0.4 is 10.1 Å². The molecule has 6 heteroatoms. The fraction of sp³-hybridized carbons (Fsp3) is 0.231. The lowest BCUT2D eigenvalue weighted by Gasteiger charge is -2.07. The molecule has 1 aromatic heterocycles. The number of aromatic amines is 1. The van der Waals surface area contributed by atoms with Crippen LogP contribution in [-0.2, 0) is 11.2 Å². The number of amides is 1. The van der Waals surface area contributed by atoms with Crippen LogP contribution in [0.3, 0.4) is 0 Å². The van der Waals surface area contributed by atoms with Crippen molar-refractivity contribution in [3.63, 3.8) is 0 Å². The molecule has 0 saturated heterocycles. The zero-order valence-electron chi connectivity index (χ0n) is 10.2. The highest BCUT2D eigenvalue weighted by molar-refractivity contribution is 9.10. The molecule has 5 nitrogen and oxygen atoms in total. The fourth-order valence-corrected chi connectivity index (χ4v) is 1.75. The van der Waals surface area contributed by atoms with E-state index >= 15 is 0 Å². The SMILES string of the molecule is O=C(COc1ccc(Br)cc1)NCCc1cnc[nH]1. The van der Waals surface area contributed by atoms with Gasteiger partial charge in [-0.15, -0.1) is 0 Å². The van der Waals surface area contributed by atoms with Crippen LogP contribution in [0, 0.1) is 0 Å². The number of H-pyrrole nitrogens is 1. The van der Waals surface area contributed by atoms with Crippen LogP contribution in [0.25, 0.3) is 0 Å². The first-order chi connectivity index (χ1) is 9.24. The van der Waals surface area contributed by atoms with E-state index in [1.165, 1.54) is 0 Å². The van der Waals surface area contributed by atoms with Gasteiger partial charge in [0.15, 0.2) is 6.61 Å². The summed E-state index contributed by atoms with van der Waals surface area (Å²) in [6, 6.07) is 7.35. The van der Waals surface area contributed by atoms with Gasteiger partial charge in [0.2, 0.25) is 0 Å². The Labute approximate surface area is 119 Å². The molecule has 19 heavy (non-hydrogen) atoms. The van der Waals surface area contributed by atoms with Gasteiger partial charge in [-0.05, 0) is 24.3 Å². The summed E-state index contributed by atoms with van der Waals surface area (Å²) in [5, 5.41) is 2.78. The van der Waals surface area contributed by atoms with Gasteiger partial charge in [-0.2, -0.15) is 0 Å². The van der Waals surface area contributed by atoms with Gasteiger partial charge < -0.3 is 15.0 Å². The predicted molar refractivity (Wildman–Crippen MR) is 74.9 cm³/mol. The topological polar surface area (TPSA) is 67.0 Å². The van der Waals surface area contributed by atoms with E-state index in [9.17, 15) is 4.79 Å². The van der Waals surface area contributed by atoms with Crippen LogP contribution in [-0.4, -0.2) is 29.0 Å². The van der Waals surface area contributed by atoms with Gasteiger partial charge in [0.1, 0.15) is 5.75 Å². The Morgan fingerprint density at radius 1 is 1.37 bits per heavy atom. The lowest BCUT2D eigenvalue weighted by molar-refractivity contribution is -0.123. The Morgan fingerprint density at radius 3 is 2.84 bits per heavy atom. The number of aromatic nitrogens is 2. The number of carbonyl (C=O) groups excluding carboxylic acids is 1. The first-order valence-corrected chi connectivity index (χ1v) is 6.65. The summed E-state index contributed by atoms with van der Waals surface area (Å²) < 4.78 is 6.33. The largest absolute Gasteiger partial charge is 0.484 e. The molecule has 0 aliphatic rings. The highest BCUT2D eigenvalue weighted by atomic mass is 79.9. The Hall–Kier alpha value is -1.82. The number of halogens is 1. The summed E-state index contributed by atoms with van der Waals surface area (Å²) in [5.74, 6) is 0.536. The third kappa shape index (κ3) is 4.75. The number of nitrogens with one attached hydrogen (secondary N) is 2. The van der Waals surface area contributed by atoms with Crippen molar-refractivity contribution >= 4 is 21.8 Å². The lowest BCUT2D eigenvalue weighted by Crippen LogP contribution is -2.30. The number of hydrogen-bond donors (Lipinski definition) is 2. The molecule has 0 aliphatic carbocycles. The van der Waals surface area contributed by atoms with Crippen LogP contribution in [0.4, 0.5) is 0 Å². The molecule has 2 aromatic rings. The first-order valence-electron chi connectivity index (χ1n) is 5.86. The molecule has 0 radical (unpaired) electrons. The minimum absolute atomic E-state index is 0.0185. The Balaban J connectivity index is 1.65. The maximum Gasteiger partial charge on any atom is 0.257 e. The molecule has 1 amide bonds. The van der Waals surface area contributed by atoms with Crippen LogP contribution in [0.2, 0.25) is 0 Å². The number of rotatable bonds is 6. The second-order valence-corrected chi connectivity index (χ2v) is 4.84. The monoisotopic (exact) mass is 323 g/mol. The average Bonchev–Trinajstić information content (AvgIpc) is 2.91. The average molecular weight is 324 g/mol. The van der Waals surface area contributed by atoms with Crippen molar-refractivity contribution in [3.8, 4) is 5.75 Å². The number of hydrogen-bond acceptors (Lipinski definition) is 3. The Bertz CT molecular complexity index is 511. The summed E-state index contributed by atoms with van der Waals surface area (Å²) in [4.78, 5) is 18.4. The third-order valence-electron chi connectivity index (χ3n) is 2.45. The van der Waals surface area contributed by atoms with E-state index in [2.05, 4.69) is 31.2 Å². The second kappa shape index (κ2) is 6.94. The summed E-state index contributed by atoms with van der Waals surface area (Å²) >= 11 is 3.34. The molecule has 0 bridgehead atoms. The number of imidazole rings is 1. The minimum Gasteiger partial charge on any atom is -0.484 e. The standard InChI is InChI=1S/C13H14BrN3O2/c14-10-1-3-12(4-2-10)19-8-13(18)16-6-5-11-7-15-9-17-11/h1-4,7,9H,5-6,8H2,(H,15,17)(H,16,18). The molecule has 0 fully saturated rings. The van der Waals surface area contributed by atoms with Crippen molar-refractivity contribution in [1.82, 2.24) is 15.3 Å². The van der Waals surface area contributed by atoms with Gasteiger partial charge in [-0.1, -0.05) is 15.9 Å². The number of carbonyl (C=O) groups is 1. The quantitative estimate of drug-likeness (QED) is 0.853. The molecule has 0 unspecified atom stereocenters. The fourth-order valence-electron chi connectivity index (χ4n) is 1.49. The van der Waals surface area contributed by atoms with Gasteiger partial charge >= 0.3 is 0 Å². The van der Waals surface area contributed by atoms with E-state index in [0.717, 1.165) is 16.6 Å². The predicted octanol–water partition coefficient (Wildman–Crippen LogP) is 1.91.